The largest absolute Gasteiger partial charge is 0.322 e. The van der Waals surface area contributed by atoms with E-state index >= 15 is 0 Å². The number of imide groups is 1. The Kier molecular flexibility index (Phi) is 4.76. The van der Waals surface area contributed by atoms with E-state index in [4.69, 9.17) is 0 Å². The van der Waals surface area contributed by atoms with Gasteiger partial charge in [-0.15, -0.1) is 0 Å². The fraction of sp³-hybridized carbons (Fsp3) is 0.636. The van der Waals surface area contributed by atoms with Crippen LogP contribution in [0.1, 0.15) is 73.3 Å². The molecule has 2 saturated heterocycles. The van der Waals surface area contributed by atoms with Gasteiger partial charge >= 0.3 is 0 Å². The number of piperidine rings is 2. The van der Waals surface area contributed by atoms with Gasteiger partial charge in [-0.1, -0.05) is 0 Å². The van der Waals surface area contributed by atoms with Gasteiger partial charge in [0.2, 0.25) is 11.8 Å². The molecule has 30 heavy (non-hydrogen) atoms. The molecule has 1 aromatic heterocycles. The average Bonchev–Trinajstić information content (AvgIpc) is 3.07. The zero-order chi connectivity index (χ0) is 20.9. The molecule has 4 aliphatic rings. The monoisotopic (exact) mass is 412 g/mol. The average molecular weight is 412 g/mol. The summed E-state index contributed by atoms with van der Waals surface area (Å²) in [6.07, 6.45) is 8.97. The molecule has 1 spiro atoms. The van der Waals surface area contributed by atoms with E-state index in [2.05, 4.69) is 10.6 Å². The molecule has 1 saturated carbocycles. The summed E-state index contributed by atoms with van der Waals surface area (Å²) in [6, 6.07) is 1.22. The lowest BCUT2D eigenvalue weighted by Crippen LogP contribution is -2.52. The third kappa shape index (κ3) is 3.17. The fourth-order valence-corrected chi connectivity index (χ4v) is 5.81. The highest BCUT2D eigenvalue weighted by atomic mass is 16.2. The number of carbonyl (C=O) groups is 3. The Morgan fingerprint density at radius 2 is 1.70 bits per heavy atom. The molecule has 0 radical (unpaired) electrons. The maximum Gasteiger partial charge on any atom is 0.256 e. The number of hydrogen-bond acceptors (Lipinski definition) is 5. The van der Waals surface area contributed by atoms with E-state index in [1.165, 1.54) is 17.7 Å². The number of carbonyl (C=O) groups excluding carboxylic acids is 3. The van der Waals surface area contributed by atoms with Crippen LogP contribution in [0, 0.1) is 5.41 Å². The van der Waals surface area contributed by atoms with Crippen molar-refractivity contribution >= 4 is 17.7 Å². The molecule has 3 amide bonds. The Morgan fingerprint density at radius 1 is 0.967 bits per heavy atom. The quantitative estimate of drug-likeness (QED) is 0.709. The van der Waals surface area contributed by atoms with Gasteiger partial charge in [0.25, 0.3) is 11.5 Å². The Bertz CT molecular complexity index is 952. The van der Waals surface area contributed by atoms with Crippen molar-refractivity contribution in [2.45, 2.75) is 70.0 Å². The molecular formula is C22H28N4O4. The van der Waals surface area contributed by atoms with Crippen molar-refractivity contribution in [1.82, 2.24) is 20.1 Å². The highest BCUT2D eigenvalue weighted by Crippen LogP contribution is 2.46. The number of rotatable bonds is 2. The normalized spacial score (nSPS) is 26.7. The Hall–Kier alpha value is -2.48. The highest BCUT2D eigenvalue weighted by molar-refractivity contribution is 6.05. The second-order valence-corrected chi connectivity index (χ2v) is 9.30. The first kappa shape index (κ1) is 19.5. The third-order valence-corrected chi connectivity index (χ3v) is 7.70. The summed E-state index contributed by atoms with van der Waals surface area (Å²) < 4.78 is 1.81. The number of nitrogens with one attached hydrogen (secondary N) is 2. The van der Waals surface area contributed by atoms with Crippen LogP contribution in [0.5, 0.6) is 0 Å². The first-order chi connectivity index (χ1) is 14.5. The summed E-state index contributed by atoms with van der Waals surface area (Å²) in [4.78, 5) is 51.2. The van der Waals surface area contributed by atoms with Crippen LogP contribution in [0.15, 0.2) is 17.1 Å². The molecule has 0 unspecified atom stereocenters. The number of hydrogen-bond donors (Lipinski definition) is 2. The van der Waals surface area contributed by atoms with Gasteiger partial charge in [-0.3, -0.25) is 24.5 Å². The molecule has 3 fully saturated rings. The third-order valence-electron chi connectivity index (χ3n) is 7.70. The van der Waals surface area contributed by atoms with E-state index in [0.717, 1.165) is 38.8 Å². The smallest absolute Gasteiger partial charge is 0.256 e. The van der Waals surface area contributed by atoms with Crippen LogP contribution < -0.4 is 16.2 Å². The number of nitrogens with zero attached hydrogens (tertiary/aromatic N) is 2. The first-order valence-corrected chi connectivity index (χ1v) is 11.1. The maximum atomic E-state index is 13.3. The Balaban J connectivity index is 1.35. The minimum absolute atomic E-state index is 0.109. The lowest BCUT2D eigenvalue weighted by molar-refractivity contribution is -0.136. The molecule has 8 nitrogen and oxygen atoms in total. The molecule has 160 valence electrons. The van der Waals surface area contributed by atoms with Crippen molar-refractivity contribution in [3.63, 3.8) is 0 Å². The van der Waals surface area contributed by atoms with Gasteiger partial charge < -0.3 is 14.8 Å². The molecule has 5 rings (SSSR count). The van der Waals surface area contributed by atoms with Gasteiger partial charge in [0.15, 0.2) is 0 Å². The second kappa shape index (κ2) is 7.34. The number of amides is 3. The van der Waals surface area contributed by atoms with Crippen LogP contribution in [-0.4, -0.2) is 46.3 Å². The summed E-state index contributed by atoms with van der Waals surface area (Å²) in [5.41, 5.74) is 1.20. The SMILES string of the molecule is O=C1CC[C@@H](N2Cc3c(ccn(C4CCC5(CCNCC5)CC4)c3=O)C2=O)C(=O)N1. The van der Waals surface area contributed by atoms with E-state index < -0.39 is 11.9 Å². The molecule has 4 heterocycles. The van der Waals surface area contributed by atoms with Crippen molar-refractivity contribution in [3.05, 3.63) is 33.7 Å². The number of fused-ring (bicyclic) bond motifs is 1. The summed E-state index contributed by atoms with van der Waals surface area (Å²) in [5, 5.41) is 5.74. The van der Waals surface area contributed by atoms with Crippen molar-refractivity contribution in [2.24, 2.45) is 5.41 Å². The van der Waals surface area contributed by atoms with E-state index in [1.807, 2.05) is 4.57 Å². The predicted molar refractivity (Wildman–Crippen MR) is 109 cm³/mol. The molecule has 0 aromatic carbocycles. The van der Waals surface area contributed by atoms with E-state index in [-0.39, 0.29) is 36.4 Å². The minimum Gasteiger partial charge on any atom is -0.322 e. The first-order valence-electron chi connectivity index (χ1n) is 11.1. The van der Waals surface area contributed by atoms with Gasteiger partial charge in [0.1, 0.15) is 6.04 Å². The van der Waals surface area contributed by atoms with Gasteiger partial charge in [0.05, 0.1) is 12.1 Å². The predicted octanol–water partition coefficient (Wildman–Crippen LogP) is 1.09. The molecule has 3 aliphatic heterocycles. The van der Waals surface area contributed by atoms with Gasteiger partial charge in [-0.25, -0.2) is 0 Å². The lowest BCUT2D eigenvalue weighted by atomic mass is 9.67. The van der Waals surface area contributed by atoms with Gasteiger partial charge in [-0.2, -0.15) is 0 Å². The standard InChI is InChI=1S/C22H28N4O4/c27-18-2-1-17(19(28)24-18)26-13-16-15(20(26)29)5-12-25(21(16)30)14-3-6-22(7-4-14)8-10-23-11-9-22/h5,12,14,17,23H,1-4,6-11,13H2,(H,24,27,28)/t17-/m1/s1. The molecular weight excluding hydrogens is 384 g/mol. The summed E-state index contributed by atoms with van der Waals surface area (Å²) in [6.45, 7) is 2.31. The Morgan fingerprint density at radius 3 is 2.40 bits per heavy atom. The molecule has 8 heteroatoms. The minimum atomic E-state index is -0.690. The fourth-order valence-electron chi connectivity index (χ4n) is 5.81. The zero-order valence-corrected chi connectivity index (χ0v) is 17.1. The van der Waals surface area contributed by atoms with Gasteiger partial charge in [0, 0.05) is 24.2 Å². The number of pyridine rings is 1. The van der Waals surface area contributed by atoms with E-state index in [0.29, 0.717) is 23.0 Å². The molecule has 1 aromatic rings. The van der Waals surface area contributed by atoms with Crippen LogP contribution in [0.25, 0.3) is 0 Å². The zero-order valence-electron chi connectivity index (χ0n) is 17.1. The van der Waals surface area contributed by atoms with Crippen molar-refractivity contribution < 1.29 is 14.4 Å². The van der Waals surface area contributed by atoms with E-state index in [1.54, 1.807) is 12.3 Å². The second-order valence-electron chi connectivity index (χ2n) is 9.30. The van der Waals surface area contributed by atoms with Crippen molar-refractivity contribution in [1.29, 1.82) is 0 Å². The highest BCUT2D eigenvalue weighted by Gasteiger charge is 2.41. The van der Waals surface area contributed by atoms with E-state index in [9.17, 15) is 19.2 Å². The van der Waals surface area contributed by atoms with Crippen LogP contribution in [0.3, 0.4) is 0 Å². The molecule has 1 aliphatic carbocycles. The van der Waals surface area contributed by atoms with Crippen LogP contribution >= 0.6 is 0 Å². The number of aromatic nitrogens is 1. The topological polar surface area (TPSA) is 101 Å². The van der Waals surface area contributed by atoms with Crippen LogP contribution in [0.2, 0.25) is 0 Å². The molecule has 0 bridgehead atoms. The lowest BCUT2D eigenvalue weighted by Gasteiger charge is -2.43. The molecule has 2 N–H and O–H groups in total. The summed E-state index contributed by atoms with van der Waals surface area (Å²) >= 11 is 0. The van der Waals surface area contributed by atoms with Crippen LogP contribution in [-0.2, 0) is 16.1 Å². The van der Waals surface area contributed by atoms with Gasteiger partial charge in [-0.05, 0) is 69.5 Å². The summed E-state index contributed by atoms with van der Waals surface area (Å²) in [5.74, 6) is -1.06. The van der Waals surface area contributed by atoms with Crippen LogP contribution in [0.4, 0.5) is 0 Å². The van der Waals surface area contributed by atoms with Crippen molar-refractivity contribution in [3.8, 4) is 0 Å². The molecule has 1 atom stereocenters. The van der Waals surface area contributed by atoms with Crippen molar-refractivity contribution in [2.75, 3.05) is 13.1 Å². The maximum absolute atomic E-state index is 13.3. The Labute approximate surface area is 175 Å². The summed E-state index contributed by atoms with van der Waals surface area (Å²) in [7, 11) is 0.